The maximum Gasteiger partial charge on any atom is 0.306 e. The van der Waals surface area contributed by atoms with Gasteiger partial charge in [-0.25, -0.2) is 0 Å². The topological polar surface area (TPSA) is 78.9 Å². The van der Waals surface area contributed by atoms with Crippen molar-refractivity contribution in [3.8, 4) is 0 Å². The first-order valence-electron chi connectivity index (χ1n) is 24.3. The third-order valence-corrected chi connectivity index (χ3v) is 10.7. The molecule has 0 aliphatic heterocycles. The van der Waals surface area contributed by atoms with Gasteiger partial charge in [-0.2, -0.15) is 0 Å². The Balaban J connectivity index is 4.33. The zero-order chi connectivity index (χ0) is 40.8. The third kappa shape index (κ3) is 43.0. The zero-order valence-electron chi connectivity index (χ0n) is 37.4. The predicted octanol–water partition coefficient (Wildman–Crippen LogP) is 15.6. The molecule has 0 aliphatic carbocycles. The summed E-state index contributed by atoms with van der Waals surface area (Å²) >= 11 is 0. The molecule has 0 heterocycles. The Kier molecular flexibility index (Phi) is 43.9. The lowest BCUT2D eigenvalue weighted by Crippen LogP contribution is -2.30. The fourth-order valence-corrected chi connectivity index (χ4v) is 7.07. The van der Waals surface area contributed by atoms with E-state index < -0.39 is 6.10 Å². The van der Waals surface area contributed by atoms with Crippen LogP contribution in [0, 0.1) is 0 Å². The molecule has 0 saturated carbocycles. The maximum atomic E-state index is 12.7. The summed E-state index contributed by atoms with van der Waals surface area (Å²) in [7, 11) is 0. The molecule has 0 aromatic rings. The fraction of sp³-hybridized carbons (Fsp3) is 0.860. The molecule has 6 nitrogen and oxygen atoms in total. The van der Waals surface area contributed by atoms with Crippen LogP contribution < -0.4 is 0 Å². The van der Waals surface area contributed by atoms with Crippen molar-refractivity contribution >= 4 is 17.9 Å². The molecule has 0 aromatic carbocycles. The summed E-state index contributed by atoms with van der Waals surface area (Å²) in [6.45, 7) is 6.53. The highest BCUT2D eigenvalue weighted by Crippen LogP contribution is 2.16. The summed E-state index contributed by atoms with van der Waals surface area (Å²) < 4.78 is 16.7. The van der Waals surface area contributed by atoms with E-state index in [1.807, 2.05) is 0 Å². The van der Waals surface area contributed by atoms with Gasteiger partial charge in [0.1, 0.15) is 13.2 Å². The first kappa shape index (κ1) is 53.9. The number of hydrogen-bond acceptors (Lipinski definition) is 6. The molecular formula is C50H92O6. The molecular weight excluding hydrogens is 697 g/mol. The first-order chi connectivity index (χ1) is 27.5. The number of hydrogen-bond donors (Lipinski definition) is 0. The minimum Gasteiger partial charge on any atom is -0.462 e. The number of esters is 3. The highest BCUT2D eigenvalue weighted by Gasteiger charge is 2.19. The largest absolute Gasteiger partial charge is 0.462 e. The number of carbonyl (C=O) groups excluding carboxylic acids is 3. The van der Waals surface area contributed by atoms with Crippen LogP contribution >= 0.6 is 0 Å². The normalized spacial score (nSPS) is 12.1. The molecule has 0 bridgehead atoms. The molecule has 6 heteroatoms. The van der Waals surface area contributed by atoms with Crippen LogP contribution in [-0.2, 0) is 28.6 Å². The van der Waals surface area contributed by atoms with E-state index in [9.17, 15) is 14.4 Å². The Morgan fingerprint density at radius 3 is 1.07 bits per heavy atom. The Labute approximate surface area is 347 Å². The molecule has 0 N–H and O–H groups in total. The Morgan fingerprint density at radius 1 is 0.375 bits per heavy atom. The van der Waals surface area contributed by atoms with Crippen molar-refractivity contribution < 1.29 is 28.6 Å². The fourth-order valence-electron chi connectivity index (χ4n) is 7.07. The summed E-state index contributed by atoms with van der Waals surface area (Å²) in [6, 6.07) is 0. The van der Waals surface area contributed by atoms with Crippen LogP contribution in [0.1, 0.15) is 258 Å². The van der Waals surface area contributed by atoms with Gasteiger partial charge in [-0.3, -0.25) is 14.4 Å². The molecule has 0 rings (SSSR count). The summed E-state index contributed by atoms with van der Waals surface area (Å²) in [5.74, 6) is -0.878. The molecule has 0 saturated heterocycles. The van der Waals surface area contributed by atoms with Crippen LogP contribution in [0.5, 0.6) is 0 Å². The number of rotatable bonds is 44. The molecule has 56 heavy (non-hydrogen) atoms. The van der Waals surface area contributed by atoms with E-state index in [4.69, 9.17) is 14.2 Å². The first-order valence-corrected chi connectivity index (χ1v) is 24.3. The van der Waals surface area contributed by atoms with Gasteiger partial charge in [-0.15, -0.1) is 0 Å². The van der Waals surface area contributed by atoms with E-state index in [0.29, 0.717) is 19.3 Å². The Morgan fingerprint density at radius 2 is 0.696 bits per heavy atom. The number of unbranched alkanes of at least 4 members (excludes halogenated alkanes) is 29. The average Bonchev–Trinajstić information content (AvgIpc) is 3.19. The van der Waals surface area contributed by atoms with Gasteiger partial charge in [-0.1, -0.05) is 218 Å². The summed E-state index contributed by atoms with van der Waals surface area (Å²) in [5.41, 5.74) is 0. The van der Waals surface area contributed by atoms with E-state index in [1.165, 1.54) is 128 Å². The maximum absolute atomic E-state index is 12.7. The van der Waals surface area contributed by atoms with Gasteiger partial charge < -0.3 is 14.2 Å². The van der Waals surface area contributed by atoms with E-state index in [0.717, 1.165) is 89.9 Å². The van der Waals surface area contributed by atoms with E-state index in [2.05, 4.69) is 45.1 Å². The molecule has 1 atom stereocenters. The van der Waals surface area contributed by atoms with Crippen molar-refractivity contribution in [2.45, 2.75) is 264 Å². The van der Waals surface area contributed by atoms with E-state index in [-0.39, 0.29) is 31.1 Å². The van der Waals surface area contributed by atoms with Crippen molar-refractivity contribution in [2.75, 3.05) is 13.2 Å². The predicted molar refractivity (Wildman–Crippen MR) is 238 cm³/mol. The van der Waals surface area contributed by atoms with Crippen LogP contribution in [0.2, 0.25) is 0 Å². The van der Waals surface area contributed by atoms with Crippen molar-refractivity contribution in [3.63, 3.8) is 0 Å². The lowest BCUT2D eigenvalue weighted by atomic mass is 10.0. The highest BCUT2D eigenvalue weighted by molar-refractivity contribution is 5.71. The summed E-state index contributed by atoms with van der Waals surface area (Å²) in [4.78, 5) is 37.8. The van der Waals surface area contributed by atoms with Crippen LogP contribution in [0.4, 0.5) is 0 Å². The van der Waals surface area contributed by atoms with Crippen LogP contribution in [-0.4, -0.2) is 37.2 Å². The zero-order valence-corrected chi connectivity index (χ0v) is 37.4. The number of carbonyl (C=O) groups is 3. The second kappa shape index (κ2) is 45.6. The van der Waals surface area contributed by atoms with Crippen LogP contribution in [0.25, 0.3) is 0 Å². The van der Waals surface area contributed by atoms with Gasteiger partial charge in [-0.05, 0) is 44.9 Å². The smallest absolute Gasteiger partial charge is 0.306 e. The minimum absolute atomic E-state index is 0.0726. The summed E-state index contributed by atoms with van der Waals surface area (Å²) in [5, 5.41) is 0. The number of ether oxygens (including phenoxy) is 3. The van der Waals surface area contributed by atoms with Crippen LogP contribution in [0.15, 0.2) is 24.3 Å². The summed E-state index contributed by atoms with van der Waals surface area (Å²) in [6.07, 6.45) is 50.2. The van der Waals surface area contributed by atoms with Gasteiger partial charge in [0, 0.05) is 19.3 Å². The molecule has 0 aliphatic rings. The van der Waals surface area contributed by atoms with Crippen LogP contribution in [0.3, 0.4) is 0 Å². The second-order valence-electron chi connectivity index (χ2n) is 16.4. The quantitative estimate of drug-likeness (QED) is 0.0265. The molecule has 0 aromatic heterocycles. The van der Waals surface area contributed by atoms with Gasteiger partial charge in [0.25, 0.3) is 0 Å². The highest BCUT2D eigenvalue weighted by atomic mass is 16.6. The monoisotopic (exact) mass is 789 g/mol. The Bertz CT molecular complexity index is 911. The second-order valence-corrected chi connectivity index (χ2v) is 16.4. The van der Waals surface area contributed by atoms with Crippen molar-refractivity contribution in [3.05, 3.63) is 24.3 Å². The number of allylic oxidation sites excluding steroid dienone is 4. The van der Waals surface area contributed by atoms with Gasteiger partial charge in [0.2, 0.25) is 0 Å². The van der Waals surface area contributed by atoms with Gasteiger partial charge in [0.15, 0.2) is 6.10 Å². The molecule has 1 unspecified atom stereocenters. The molecule has 0 fully saturated rings. The van der Waals surface area contributed by atoms with Gasteiger partial charge in [0.05, 0.1) is 0 Å². The van der Waals surface area contributed by atoms with E-state index >= 15 is 0 Å². The minimum atomic E-state index is -0.771. The molecule has 0 spiro atoms. The SMILES string of the molecule is CC/C=C\C/C=C\CCCCCCCC(=O)OC(COC(=O)CCCCCCCCCCCCC)COC(=O)CCCCCCCCCCCCCCCCC. The Hall–Kier alpha value is -2.11. The third-order valence-electron chi connectivity index (χ3n) is 10.7. The van der Waals surface area contributed by atoms with Crippen molar-refractivity contribution in [1.82, 2.24) is 0 Å². The average molecular weight is 789 g/mol. The van der Waals surface area contributed by atoms with E-state index in [1.54, 1.807) is 0 Å². The van der Waals surface area contributed by atoms with Crippen molar-refractivity contribution in [1.29, 1.82) is 0 Å². The standard InChI is InChI=1S/C50H92O6/c1-4-7-10-13-16-19-22-24-25-26-29-31-34-37-40-43-49(52)55-46-47(45-54-48(51)42-39-36-33-30-27-21-18-15-12-9-6-3)56-50(53)44-41-38-35-32-28-23-20-17-14-11-8-5-2/h8,11,17,20,47H,4-7,9-10,12-16,18-19,21-46H2,1-3H3/b11-8-,20-17-. The lowest BCUT2D eigenvalue weighted by molar-refractivity contribution is -0.167. The van der Waals surface area contributed by atoms with Gasteiger partial charge >= 0.3 is 17.9 Å². The molecule has 328 valence electrons. The van der Waals surface area contributed by atoms with Crippen molar-refractivity contribution in [2.24, 2.45) is 0 Å². The molecule has 0 amide bonds. The lowest BCUT2D eigenvalue weighted by Gasteiger charge is -2.18. The molecule has 0 radical (unpaired) electrons.